The number of anilines is 1. The fourth-order valence-corrected chi connectivity index (χ4v) is 3.99. The third-order valence-corrected chi connectivity index (χ3v) is 6.15. The van der Waals surface area contributed by atoms with E-state index in [2.05, 4.69) is 30.0 Å². The Kier molecular flexibility index (Phi) is 6.20. The van der Waals surface area contributed by atoms with E-state index in [1.165, 1.54) is 24.2 Å². The second-order valence-corrected chi connectivity index (χ2v) is 8.48. The molecule has 0 saturated heterocycles. The van der Waals surface area contributed by atoms with Gasteiger partial charge in [-0.15, -0.1) is 11.3 Å². The van der Waals surface area contributed by atoms with Gasteiger partial charge in [-0.1, -0.05) is 0 Å². The van der Waals surface area contributed by atoms with Crippen molar-refractivity contribution in [1.29, 1.82) is 0 Å². The largest absolute Gasteiger partial charge is 0.477 e. The van der Waals surface area contributed by atoms with E-state index in [0.29, 0.717) is 35.0 Å². The van der Waals surface area contributed by atoms with E-state index in [1.807, 2.05) is 19.1 Å². The van der Waals surface area contributed by atoms with Gasteiger partial charge in [-0.2, -0.15) is 0 Å². The number of pyridine rings is 1. The molecule has 0 radical (unpaired) electrons. The molecule has 0 aromatic carbocycles. The van der Waals surface area contributed by atoms with Crippen LogP contribution in [0.25, 0.3) is 10.6 Å². The lowest BCUT2D eigenvalue weighted by molar-refractivity contribution is 0.0950. The summed E-state index contributed by atoms with van der Waals surface area (Å²) >= 11 is 3.00. The van der Waals surface area contributed by atoms with Gasteiger partial charge in [-0.25, -0.2) is 9.97 Å². The average Bonchev–Trinajstić information content (AvgIpc) is 3.45. The highest BCUT2D eigenvalue weighted by atomic mass is 32.2. The highest BCUT2D eigenvalue weighted by molar-refractivity contribution is 8.01. The molecule has 0 bridgehead atoms. The highest BCUT2D eigenvalue weighted by Crippen LogP contribution is 2.34. The van der Waals surface area contributed by atoms with E-state index in [1.54, 1.807) is 36.7 Å². The lowest BCUT2D eigenvalue weighted by Gasteiger charge is -2.07. The van der Waals surface area contributed by atoms with Crippen LogP contribution in [-0.4, -0.2) is 37.7 Å². The van der Waals surface area contributed by atoms with Crippen LogP contribution in [0.15, 0.2) is 36.9 Å². The molecule has 150 valence electrons. The third-order valence-electron chi connectivity index (χ3n) is 3.97. The molecule has 0 unspecified atom stereocenters. The molecule has 1 aliphatic carbocycles. The smallest absolute Gasteiger partial charge is 0.280 e. The maximum Gasteiger partial charge on any atom is 0.280 e. The molecule has 10 heteroatoms. The molecule has 0 atom stereocenters. The number of carbonyl (C=O) groups excluding carboxylic acids is 1. The summed E-state index contributed by atoms with van der Waals surface area (Å²) in [5.74, 6) is 0.200. The van der Waals surface area contributed by atoms with Gasteiger partial charge < -0.3 is 14.8 Å². The number of hydrogen-bond donors (Lipinski definition) is 2. The molecule has 1 saturated carbocycles. The summed E-state index contributed by atoms with van der Waals surface area (Å²) in [7, 11) is 0. The van der Waals surface area contributed by atoms with Crippen LogP contribution in [-0.2, 0) is 6.54 Å². The molecule has 8 nitrogen and oxygen atoms in total. The van der Waals surface area contributed by atoms with Crippen LogP contribution >= 0.6 is 23.3 Å². The van der Waals surface area contributed by atoms with Gasteiger partial charge in [0.1, 0.15) is 5.69 Å². The molecule has 1 amide bonds. The molecule has 1 aliphatic rings. The third kappa shape index (κ3) is 5.42. The van der Waals surface area contributed by atoms with E-state index in [0.717, 1.165) is 16.3 Å². The van der Waals surface area contributed by atoms with Crippen molar-refractivity contribution in [2.24, 2.45) is 0 Å². The fourth-order valence-electron chi connectivity index (χ4n) is 2.40. The SMILES string of the molecule is CCOc1cncc(-c2cnc(C(=O)NCc3cc(NSC4CC4)ccn3)s2)n1. The minimum atomic E-state index is -0.248. The number of ether oxygens (including phenoxy) is 1. The van der Waals surface area contributed by atoms with Gasteiger partial charge in [-0.3, -0.25) is 14.8 Å². The van der Waals surface area contributed by atoms with Crippen LogP contribution in [0, 0.1) is 0 Å². The summed E-state index contributed by atoms with van der Waals surface area (Å²) in [5, 5.41) is 3.94. The van der Waals surface area contributed by atoms with E-state index in [9.17, 15) is 4.79 Å². The number of aromatic nitrogens is 4. The van der Waals surface area contributed by atoms with E-state index >= 15 is 0 Å². The van der Waals surface area contributed by atoms with Crippen LogP contribution in [0.1, 0.15) is 35.3 Å². The van der Waals surface area contributed by atoms with Gasteiger partial charge in [0.05, 0.1) is 36.1 Å². The Balaban J connectivity index is 1.35. The Morgan fingerprint density at radius 2 is 2.21 bits per heavy atom. The normalized spacial score (nSPS) is 13.1. The van der Waals surface area contributed by atoms with E-state index < -0.39 is 0 Å². The topological polar surface area (TPSA) is 102 Å². The van der Waals surface area contributed by atoms with Gasteiger partial charge in [0.2, 0.25) is 5.88 Å². The van der Waals surface area contributed by atoms with E-state index in [4.69, 9.17) is 4.74 Å². The number of thiazole rings is 1. The second kappa shape index (κ2) is 9.19. The number of nitrogens with zero attached hydrogens (tertiary/aromatic N) is 4. The molecular weight excluding hydrogens is 408 g/mol. The second-order valence-electron chi connectivity index (χ2n) is 6.34. The zero-order chi connectivity index (χ0) is 20.1. The predicted octanol–water partition coefficient (Wildman–Crippen LogP) is 3.55. The minimum absolute atomic E-state index is 0.248. The molecule has 3 heterocycles. The monoisotopic (exact) mass is 428 g/mol. The molecule has 1 fully saturated rings. The van der Waals surface area contributed by atoms with Crippen molar-refractivity contribution in [3.63, 3.8) is 0 Å². The minimum Gasteiger partial charge on any atom is -0.477 e. The standard InChI is InChI=1S/C19H20N6O2S2/c1-2-27-17-11-20-9-15(24-17)16-10-23-19(28-16)18(26)22-8-13-7-12(5-6-21-13)25-29-14-3-4-14/h5-7,9-11,14H,2-4,8H2,1H3,(H,21,25)(H,22,26). The van der Waals surface area contributed by atoms with Crippen molar-refractivity contribution in [3.05, 3.63) is 47.6 Å². The fraction of sp³-hybridized carbons (Fsp3) is 0.316. The van der Waals surface area contributed by atoms with Gasteiger partial charge in [0, 0.05) is 23.3 Å². The van der Waals surface area contributed by atoms with Crippen LogP contribution < -0.4 is 14.8 Å². The summed E-state index contributed by atoms with van der Waals surface area (Å²) in [5.41, 5.74) is 2.40. The molecule has 4 rings (SSSR count). The zero-order valence-electron chi connectivity index (χ0n) is 15.8. The van der Waals surface area contributed by atoms with Gasteiger partial charge in [0.15, 0.2) is 5.01 Å². The molecule has 3 aromatic heterocycles. The molecule has 2 N–H and O–H groups in total. The number of amides is 1. The van der Waals surface area contributed by atoms with Crippen molar-refractivity contribution in [2.75, 3.05) is 11.3 Å². The lowest BCUT2D eigenvalue weighted by atomic mass is 10.3. The average molecular weight is 429 g/mol. The quantitative estimate of drug-likeness (QED) is 0.499. The molecule has 0 aliphatic heterocycles. The predicted molar refractivity (Wildman–Crippen MR) is 114 cm³/mol. The Morgan fingerprint density at radius 3 is 3.03 bits per heavy atom. The summed E-state index contributed by atoms with van der Waals surface area (Å²) in [6, 6.07) is 3.86. The van der Waals surface area contributed by atoms with Gasteiger partial charge >= 0.3 is 0 Å². The summed E-state index contributed by atoms with van der Waals surface area (Å²) < 4.78 is 8.70. The van der Waals surface area contributed by atoms with Crippen LogP contribution in [0.5, 0.6) is 5.88 Å². The lowest BCUT2D eigenvalue weighted by Crippen LogP contribution is -2.23. The number of hydrogen-bond acceptors (Lipinski definition) is 9. The van der Waals surface area contributed by atoms with Crippen molar-refractivity contribution in [2.45, 2.75) is 31.6 Å². The number of carbonyl (C=O) groups is 1. The first-order chi connectivity index (χ1) is 14.2. The first kappa shape index (κ1) is 19.6. The Morgan fingerprint density at radius 1 is 1.31 bits per heavy atom. The van der Waals surface area contributed by atoms with Crippen molar-refractivity contribution >= 4 is 34.9 Å². The molecule has 29 heavy (non-hydrogen) atoms. The number of nitrogens with one attached hydrogen (secondary N) is 2. The van der Waals surface area contributed by atoms with Gasteiger partial charge in [-0.05, 0) is 43.8 Å². The summed E-state index contributed by atoms with van der Waals surface area (Å²) in [4.78, 5) is 30.3. The van der Waals surface area contributed by atoms with Crippen LogP contribution in [0.3, 0.4) is 0 Å². The van der Waals surface area contributed by atoms with Crippen LogP contribution in [0.2, 0.25) is 0 Å². The van der Waals surface area contributed by atoms with E-state index in [-0.39, 0.29) is 5.91 Å². The zero-order valence-corrected chi connectivity index (χ0v) is 17.4. The maximum atomic E-state index is 12.5. The molecule has 3 aromatic rings. The Labute approximate surface area is 176 Å². The van der Waals surface area contributed by atoms with Crippen molar-refractivity contribution in [3.8, 4) is 16.5 Å². The Hall–Kier alpha value is -2.72. The maximum absolute atomic E-state index is 12.5. The van der Waals surface area contributed by atoms with Crippen molar-refractivity contribution < 1.29 is 9.53 Å². The summed E-state index contributed by atoms with van der Waals surface area (Å²) in [6.45, 7) is 2.73. The Bertz CT molecular complexity index is 992. The molecule has 0 spiro atoms. The first-order valence-electron chi connectivity index (χ1n) is 9.27. The number of rotatable bonds is 9. The molecular formula is C19H20N6O2S2. The van der Waals surface area contributed by atoms with Gasteiger partial charge in [0.25, 0.3) is 5.91 Å². The highest BCUT2D eigenvalue weighted by Gasteiger charge is 2.22. The first-order valence-corrected chi connectivity index (χ1v) is 11.0. The van der Waals surface area contributed by atoms with Crippen LogP contribution in [0.4, 0.5) is 5.69 Å². The van der Waals surface area contributed by atoms with Crippen molar-refractivity contribution in [1.82, 2.24) is 25.3 Å². The summed E-state index contributed by atoms with van der Waals surface area (Å²) in [6.07, 6.45) is 9.08.